The van der Waals surface area contributed by atoms with Crippen LogP contribution in [0.3, 0.4) is 0 Å². The van der Waals surface area contributed by atoms with E-state index in [0.29, 0.717) is 6.61 Å². The molecule has 0 radical (unpaired) electrons. The highest BCUT2D eigenvalue weighted by Gasteiger charge is 2.51. The Labute approximate surface area is 216 Å². The summed E-state index contributed by atoms with van der Waals surface area (Å²) in [6.07, 6.45) is -1.10. The zero-order valence-electron chi connectivity index (χ0n) is 23.1. The van der Waals surface area contributed by atoms with Gasteiger partial charge in [0.15, 0.2) is 14.1 Å². The number of hydrogen-bond acceptors (Lipinski definition) is 8. The summed E-state index contributed by atoms with van der Waals surface area (Å²) in [5.41, 5.74) is 1.06. The molecule has 1 fully saturated rings. The monoisotopic (exact) mass is 522 g/mol. The lowest BCUT2D eigenvalue weighted by atomic mass is 10.00. The second kappa shape index (κ2) is 12.5. The molecule has 0 N–H and O–H groups in total. The van der Waals surface area contributed by atoms with Crippen LogP contribution in [0.5, 0.6) is 0 Å². The van der Waals surface area contributed by atoms with Gasteiger partial charge in [0, 0.05) is 6.08 Å². The van der Waals surface area contributed by atoms with Gasteiger partial charge in [0.05, 0.1) is 32.5 Å². The van der Waals surface area contributed by atoms with Crippen molar-refractivity contribution in [3.63, 3.8) is 0 Å². The average molecular weight is 523 g/mol. The molecule has 2 rings (SSSR count). The van der Waals surface area contributed by atoms with Crippen molar-refractivity contribution in [3.8, 4) is 0 Å². The minimum absolute atomic E-state index is 0.0351. The Morgan fingerprint density at radius 1 is 1.14 bits per heavy atom. The third-order valence-electron chi connectivity index (χ3n) is 6.43. The van der Waals surface area contributed by atoms with Crippen molar-refractivity contribution in [1.82, 2.24) is 0 Å². The molecule has 1 saturated heterocycles. The summed E-state index contributed by atoms with van der Waals surface area (Å²) >= 11 is 0. The normalized spacial score (nSPS) is 21.2. The lowest BCUT2D eigenvalue weighted by Crippen LogP contribution is -2.51. The van der Waals surface area contributed by atoms with Gasteiger partial charge >= 0.3 is 11.9 Å². The molecule has 1 heterocycles. The maximum Gasteiger partial charge on any atom is 0.336 e. The summed E-state index contributed by atoms with van der Waals surface area (Å²) < 4.78 is 35.4. The quantitative estimate of drug-likeness (QED) is 0.233. The highest BCUT2D eigenvalue weighted by molar-refractivity contribution is 6.74. The van der Waals surface area contributed by atoms with E-state index in [4.69, 9.17) is 28.1 Å². The summed E-state index contributed by atoms with van der Waals surface area (Å²) in [5, 5.41) is -0.176. The van der Waals surface area contributed by atoms with Crippen molar-refractivity contribution in [2.75, 3.05) is 20.3 Å². The molecule has 3 atom stereocenters. The number of benzene rings is 1. The molecule has 0 unspecified atom stereocenters. The third-order valence-corrected chi connectivity index (χ3v) is 10.9. The van der Waals surface area contributed by atoms with E-state index in [1.54, 1.807) is 20.8 Å². The molecule has 0 aliphatic carbocycles. The van der Waals surface area contributed by atoms with Gasteiger partial charge in [-0.3, -0.25) is 0 Å². The van der Waals surface area contributed by atoms with Gasteiger partial charge in [-0.05, 0) is 44.5 Å². The van der Waals surface area contributed by atoms with Crippen LogP contribution in [0.15, 0.2) is 42.0 Å². The van der Waals surface area contributed by atoms with E-state index in [2.05, 4.69) is 33.9 Å². The number of carbonyl (C=O) groups excluding carboxylic acids is 2. The molecular formula is C27H42O8Si. The van der Waals surface area contributed by atoms with Crippen molar-refractivity contribution < 1.29 is 37.7 Å². The molecule has 0 aromatic heterocycles. The van der Waals surface area contributed by atoms with E-state index < -0.39 is 44.4 Å². The molecule has 202 valence electrons. The van der Waals surface area contributed by atoms with E-state index >= 15 is 0 Å². The molecule has 8 nitrogen and oxygen atoms in total. The van der Waals surface area contributed by atoms with Crippen molar-refractivity contribution >= 4 is 20.3 Å². The van der Waals surface area contributed by atoms with E-state index in [1.807, 2.05) is 30.3 Å². The molecule has 0 amide bonds. The van der Waals surface area contributed by atoms with Crippen LogP contribution < -0.4 is 0 Å². The maximum absolute atomic E-state index is 13.1. The molecule has 9 heteroatoms. The van der Waals surface area contributed by atoms with Crippen LogP contribution in [-0.2, 0) is 44.3 Å². The first-order valence-corrected chi connectivity index (χ1v) is 15.2. The third kappa shape index (κ3) is 8.24. The average Bonchev–Trinajstić information content (AvgIpc) is 3.10. The van der Waals surface area contributed by atoms with Gasteiger partial charge in [0.2, 0.25) is 0 Å². The van der Waals surface area contributed by atoms with Crippen LogP contribution in [0, 0.1) is 0 Å². The topological polar surface area (TPSA) is 89.5 Å². The van der Waals surface area contributed by atoms with Gasteiger partial charge in [-0.1, -0.05) is 51.1 Å². The highest BCUT2D eigenvalue weighted by Crippen LogP contribution is 2.41. The summed E-state index contributed by atoms with van der Waals surface area (Å²) in [7, 11) is -1.21. The fourth-order valence-corrected chi connectivity index (χ4v) is 4.82. The second-order valence-electron chi connectivity index (χ2n) is 10.8. The van der Waals surface area contributed by atoms with Gasteiger partial charge in [-0.2, -0.15) is 0 Å². The molecule has 1 aliphatic rings. The highest BCUT2D eigenvalue weighted by atomic mass is 28.4. The lowest BCUT2D eigenvalue weighted by Gasteiger charge is -2.41. The molecule has 1 aliphatic heterocycles. The minimum atomic E-state index is -2.47. The predicted molar refractivity (Wildman–Crippen MR) is 139 cm³/mol. The number of methoxy groups -OCH3 is 1. The number of rotatable bonds is 11. The predicted octanol–water partition coefficient (Wildman–Crippen LogP) is 4.78. The number of esters is 2. The van der Waals surface area contributed by atoms with Gasteiger partial charge in [-0.15, -0.1) is 0 Å². The number of hydrogen-bond donors (Lipinski definition) is 0. The lowest BCUT2D eigenvalue weighted by molar-refractivity contribution is -0.157. The van der Waals surface area contributed by atoms with Crippen LogP contribution in [-0.4, -0.2) is 64.7 Å². The number of carbonyl (C=O) groups is 2. The number of ether oxygens (including phenoxy) is 5. The molecule has 1 aromatic rings. The summed E-state index contributed by atoms with van der Waals surface area (Å²) in [6, 6.07) is 9.81. The van der Waals surface area contributed by atoms with Crippen molar-refractivity contribution in [1.29, 1.82) is 0 Å². The summed E-state index contributed by atoms with van der Waals surface area (Å²) in [4.78, 5) is 25.4. The van der Waals surface area contributed by atoms with Gasteiger partial charge in [0.25, 0.3) is 0 Å². The maximum atomic E-state index is 13.1. The van der Waals surface area contributed by atoms with Crippen LogP contribution in [0.25, 0.3) is 0 Å². The van der Waals surface area contributed by atoms with Gasteiger partial charge in [-0.25, -0.2) is 9.59 Å². The molecule has 0 saturated carbocycles. The Bertz CT molecular complexity index is 904. The zero-order valence-corrected chi connectivity index (χ0v) is 24.1. The fraction of sp³-hybridized carbons (Fsp3) is 0.630. The first-order chi connectivity index (χ1) is 16.7. The Morgan fingerprint density at radius 2 is 1.78 bits per heavy atom. The van der Waals surface area contributed by atoms with Crippen molar-refractivity contribution in [2.24, 2.45) is 0 Å². The second-order valence-corrected chi connectivity index (χ2v) is 15.5. The molecular weight excluding hydrogens is 480 g/mol. The van der Waals surface area contributed by atoms with Crippen LogP contribution in [0.1, 0.15) is 47.1 Å². The fourth-order valence-electron chi connectivity index (χ4n) is 3.58. The Hall–Kier alpha value is -2.04. The van der Waals surface area contributed by atoms with Crippen LogP contribution in [0.4, 0.5) is 0 Å². The Kier molecular flexibility index (Phi) is 10.5. The SMILES string of the molecule is CCOC(=O)/C(=C\C(=O)OC)[C@H](O[Si](C)(C)C(C)(C)C)[C@@H]1OC(C)(C)O[C@H]1COCc1ccccc1. The van der Waals surface area contributed by atoms with E-state index in [9.17, 15) is 9.59 Å². The van der Waals surface area contributed by atoms with E-state index in [1.165, 1.54) is 7.11 Å². The smallest absolute Gasteiger partial charge is 0.336 e. The standard InChI is InChI=1S/C27H42O8Si/c1-10-32-25(29)20(16-22(28)30-7)23(35-36(8,9)26(2,3)4)24-21(33-27(5,6)34-24)18-31-17-19-14-12-11-13-15-19/h11-16,21,23-24H,10,17-18H2,1-9H3/b20-16-/t21-,23-,24+/m0/s1. The van der Waals surface area contributed by atoms with Gasteiger partial charge in [0.1, 0.15) is 18.3 Å². The first kappa shape index (κ1) is 30.2. The van der Waals surface area contributed by atoms with Crippen molar-refractivity contribution in [3.05, 3.63) is 47.5 Å². The van der Waals surface area contributed by atoms with Gasteiger partial charge < -0.3 is 28.1 Å². The summed E-state index contributed by atoms with van der Waals surface area (Å²) in [6.45, 7) is 16.5. The molecule has 36 heavy (non-hydrogen) atoms. The van der Waals surface area contributed by atoms with E-state index in [-0.39, 0.29) is 23.8 Å². The van der Waals surface area contributed by atoms with Crippen LogP contribution >= 0.6 is 0 Å². The molecule has 0 bridgehead atoms. The Morgan fingerprint density at radius 3 is 2.33 bits per heavy atom. The van der Waals surface area contributed by atoms with Crippen molar-refractivity contribution in [2.45, 2.75) is 90.4 Å². The first-order valence-electron chi connectivity index (χ1n) is 12.3. The Balaban J connectivity index is 2.46. The zero-order chi connectivity index (χ0) is 27.1. The van der Waals surface area contributed by atoms with Crippen LogP contribution in [0.2, 0.25) is 18.1 Å². The minimum Gasteiger partial charge on any atom is -0.466 e. The molecule has 0 spiro atoms. The van der Waals surface area contributed by atoms with E-state index in [0.717, 1.165) is 11.6 Å². The molecule has 1 aromatic carbocycles. The largest absolute Gasteiger partial charge is 0.466 e. The summed E-state index contributed by atoms with van der Waals surface area (Å²) in [5.74, 6) is -2.30.